The smallest absolute Gasteiger partial charge is 0.253 e. The molecule has 2 aromatic carbocycles. The molecule has 0 aliphatic carbocycles. The van der Waals surface area contributed by atoms with Gasteiger partial charge in [-0.2, -0.15) is 0 Å². The average molecular weight is 559 g/mol. The van der Waals surface area contributed by atoms with Gasteiger partial charge in [-0.15, -0.1) is 0 Å². The lowest BCUT2D eigenvalue weighted by atomic mass is 10.0. The number of benzene rings is 2. The van der Waals surface area contributed by atoms with Gasteiger partial charge in [0.15, 0.2) is 0 Å². The number of hydrogen-bond acceptors (Lipinski definition) is 5. The van der Waals surface area contributed by atoms with Crippen molar-refractivity contribution in [3.8, 4) is 0 Å². The first-order valence-electron chi connectivity index (χ1n) is 13.1. The van der Waals surface area contributed by atoms with Gasteiger partial charge in [0.2, 0.25) is 0 Å². The molecule has 2 fully saturated rings. The van der Waals surface area contributed by atoms with Gasteiger partial charge in [-0.3, -0.25) is 14.6 Å². The molecule has 0 spiro atoms. The number of nitrogens with zero attached hydrogens (tertiary/aromatic N) is 4. The number of anilines is 1. The van der Waals surface area contributed by atoms with E-state index < -0.39 is 0 Å². The van der Waals surface area contributed by atoms with Gasteiger partial charge in [-0.05, 0) is 67.4 Å². The first-order chi connectivity index (χ1) is 18.4. The van der Waals surface area contributed by atoms with Crippen LogP contribution in [0.5, 0.6) is 0 Å². The SMILES string of the molecule is O=C(NCc1cccc(F)c1)c1cnc(N2CCN(C3CCN(Cc4ccc(Cl)cc4)CC3)CC2)c(Cl)c1.[HH]. The molecule has 0 atom stereocenters. The van der Waals surface area contributed by atoms with Crippen LogP contribution in [-0.2, 0) is 13.1 Å². The molecule has 2 saturated heterocycles. The molecule has 202 valence electrons. The number of piperazine rings is 1. The molecule has 0 unspecified atom stereocenters. The van der Waals surface area contributed by atoms with E-state index in [4.69, 9.17) is 23.2 Å². The Morgan fingerprint density at radius 2 is 1.71 bits per heavy atom. The van der Waals surface area contributed by atoms with Gasteiger partial charge < -0.3 is 10.2 Å². The number of carbonyl (C=O) groups excluding carboxylic acids is 1. The molecule has 3 heterocycles. The number of rotatable bonds is 7. The van der Waals surface area contributed by atoms with Gasteiger partial charge in [0.1, 0.15) is 11.6 Å². The summed E-state index contributed by atoms with van der Waals surface area (Å²) in [5, 5.41) is 4.04. The topological polar surface area (TPSA) is 51.7 Å². The van der Waals surface area contributed by atoms with Crippen molar-refractivity contribution in [2.45, 2.75) is 32.0 Å². The van der Waals surface area contributed by atoms with Crippen LogP contribution in [0.25, 0.3) is 0 Å². The first-order valence-corrected chi connectivity index (χ1v) is 13.8. The Morgan fingerprint density at radius 3 is 2.39 bits per heavy atom. The van der Waals surface area contributed by atoms with Crippen molar-refractivity contribution in [1.82, 2.24) is 20.1 Å². The first kappa shape index (κ1) is 26.9. The van der Waals surface area contributed by atoms with Crippen LogP contribution >= 0.6 is 23.2 Å². The van der Waals surface area contributed by atoms with Crippen molar-refractivity contribution in [3.63, 3.8) is 0 Å². The van der Waals surface area contributed by atoms with Gasteiger partial charge in [-0.1, -0.05) is 47.5 Å². The summed E-state index contributed by atoms with van der Waals surface area (Å²) in [6.45, 7) is 7.04. The second-order valence-corrected chi connectivity index (χ2v) is 10.8. The highest BCUT2D eigenvalue weighted by Crippen LogP contribution is 2.27. The van der Waals surface area contributed by atoms with Crippen molar-refractivity contribution < 1.29 is 10.6 Å². The predicted molar refractivity (Wildman–Crippen MR) is 152 cm³/mol. The molecule has 1 aromatic heterocycles. The zero-order valence-corrected chi connectivity index (χ0v) is 22.8. The maximum absolute atomic E-state index is 13.4. The largest absolute Gasteiger partial charge is 0.353 e. The van der Waals surface area contributed by atoms with Crippen LogP contribution in [0.15, 0.2) is 60.8 Å². The Balaban J connectivity index is 0.00000353. The summed E-state index contributed by atoms with van der Waals surface area (Å²) in [4.78, 5) is 24.4. The number of halogens is 3. The molecular weight excluding hydrogens is 524 g/mol. The fourth-order valence-electron chi connectivity index (χ4n) is 5.31. The number of piperidine rings is 1. The van der Waals surface area contributed by atoms with Crippen molar-refractivity contribution in [2.75, 3.05) is 44.2 Å². The van der Waals surface area contributed by atoms with E-state index in [0.717, 1.165) is 50.8 Å². The predicted octanol–water partition coefficient (Wildman–Crippen LogP) is 5.49. The molecule has 5 rings (SSSR count). The zero-order valence-electron chi connectivity index (χ0n) is 21.3. The standard InChI is InChI=1S/C29H32Cl2FN5O.H2/c30-24-6-4-21(5-7-24)20-35-10-8-26(9-11-35)36-12-14-37(15-13-36)28-27(31)17-23(19-33-28)29(38)34-18-22-2-1-3-25(32)16-22;/h1-7,16-17,19,26H,8-15,18,20H2,(H,34,38);1H. The lowest BCUT2D eigenvalue weighted by molar-refractivity contribution is 0.0950. The summed E-state index contributed by atoms with van der Waals surface area (Å²) in [7, 11) is 0. The fraction of sp³-hybridized carbons (Fsp3) is 0.379. The van der Waals surface area contributed by atoms with Crippen molar-refractivity contribution in [1.29, 1.82) is 0 Å². The van der Waals surface area contributed by atoms with E-state index in [1.54, 1.807) is 24.4 Å². The van der Waals surface area contributed by atoms with Crippen molar-refractivity contribution >= 4 is 34.9 Å². The molecular formula is C29H34Cl2FN5O. The lowest BCUT2D eigenvalue weighted by Gasteiger charge is -2.43. The average Bonchev–Trinajstić information content (AvgIpc) is 2.93. The van der Waals surface area contributed by atoms with E-state index in [1.807, 2.05) is 12.1 Å². The molecule has 1 amide bonds. The summed E-state index contributed by atoms with van der Waals surface area (Å²) in [5.41, 5.74) is 2.39. The Morgan fingerprint density at radius 1 is 0.974 bits per heavy atom. The maximum atomic E-state index is 13.4. The second kappa shape index (κ2) is 12.4. The number of hydrogen-bond donors (Lipinski definition) is 1. The minimum absolute atomic E-state index is 0. The van der Waals surface area contributed by atoms with Crippen LogP contribution < -0.4 is 10.2 Å². The zero-order chi connectivity index (χ0) is 26.5. The van der Waals surface area contributed by atoms with E-state index in [9.17, 15) is 9.18 Å². The van der Waals surface area contributed by atoms with Crippen LogP contribution in [0.1, 0.15) is 35.8 Å². The Kier molecular flexibility index (Phi) is 8.79. The fourth-order valence-corrected chi connectivity index (χ4v) is 5.72. The van der Waals surface area contributed by atoms with Crippen LogP contribution in [0.2, 0.25) is 10.0 Å². The second-order valence-electron chi connectivity index (χ2n) is 10.00. The van der Waals surface area contributed by atoms with E-state index in [0.29, 0.717) is 28.0 Å². The Bertz CT molecular complexity index is 1250. The Labute approximate surface area is 234 Å². The normalized spacial score (nSPS) is 17.5. The summed E-state index contributed by atoms with van der Waals surface area (Å²) in [6.07, 6.45) is 3.91. The molecule has 3 aromatic rings. The molecule has 9 heteroatoms. The van der Waals surface area contributed by atoms with Gasteiger partial charge in [0.05, 0.1) is 10.6 Å². The highest BCUT2D eigenvalue weighted by Gasteiger charge is 2.28. The molecule has 0 saturated carbocycles. The van der Waals surface area contributed by atoms with Crippen molar-refractivity contribution in [3.05, 3.63) is 93.3 Å². The van der Waals surface area contributed by atoms with Gasteiger partial charge in [-0.25, -0.2) is 9.37 Å². The molecule has 0 bridgehead atoms. The molecule has 1 N–H and O–H groups in total. The van der Waals surface area contributed by atoms with Gasteiger partial charge in [0, 0.05) is 58.0 Å². The van der Waals surface area contributed by atoms with Crippen LogP contribution in [0, 0.1) is 5.82 Å². The third-order valence-corrected chi connectivity index (χ3v) is 7.96. The third-order valence-electron chi connectivity index (χ3n) is 7.43. The van der Waals surface area contributed by atoms with Crippen LogP contribution in [0.4, 0.5) is 10.2 Å². The van der Waals surface area contributed by atoms with Crippen molar-refractivity contribution in [2.24, 2.45) is 0 Å². The molecule has 38 heavy (non-hydrogen) atoms. The van der Waals surface area contributed by atoms with E-state index >= 15 is 0 Å². The monoisotopic (exact) mass is 557 g/mol. The van der Waals surface area contributed by atoms with E-state index in [1.165, 1.54) is 30.5 Å². The molecule has 6 nitrogen and oxygen atoms in total. The third kappa shape index (κ3) is 6.83. The van der Waals surface area contributed by atoms with E-state index in [2.05, 4.69) is 37.1 Å². The number of amides is 1. The molecule has 0 radical (unpaired) electrons. The van der Waals surface area contributed by atoms with E-state index in [-0.39, 0.29) is 19.7 Å². The molecule has 2 aliphatic heterocycles. The summed E-state index contributed by atoms with van der Waals surface area (Å²) in [5.74, 6) is 0.0961. The van der Waals surface area contributed by atoms with Crippen LogP contribution in [0.3, 0.4) is 0 Å². The summed E-state index contributed by atoms with van der Waals surface area (Å²) < 4.78 is 13.4. The summed E-state index contributed by atoms with van der Waals surface area (Å²) >= 11 is 12.6. The maximum Gasteiger partial charge on any atom is 0.253 e. The minimum Gasteiger partial charge on any atom is -0.353 e. The number of nitrogens with one attached hydrogen (secondary N) is 1. The quantitative estimate of drug-likeness (QED) is 0.416. The molecule has 2 aliphatic rings. The number of likely N-dealkylation sites (tertiary alicyclic amines) is 1. The summed E-state index contributed by atoms with van der Waals surface area (Å²) in [6, 6.07) is 16.6. The lowest BCUT2D eigenvalue weighted by Crippen LogP contribution is -2.53. The van der Waals surface area contributed by atoms with Gasteiger partial charge >= 0.3 is 0 Å². The van der Waals surface area contributed by atoms with Crippen LogP contribution in [-0.4, -0.2) is 66.0 Å². The van der Waals surface area contributed by atoms with Gasteiger partial charge in [0.25, 0.3) is 5.91 Å². The Hall–Kier alpha value is -2.71. The number of aromatic nitrogens is 1. The highest BCUT2D eigenvalue weighted by molar-refractivity contribution is 6.33. The minimum atomic E-state index is -0.328. The number of pyridine rings is 1. The highest BCUT2D eigenvalue weighted by atomic mass is 35.5. The number of carbonyl (C=O) groups is 1.